The van der Waals surface area contributed by atoms with Crippen molar-refractivity contribution < 1.29 is 9.13 Å². The third kappa shape index (κ3) is 5.89. The molecule has 96 valence electrons. The largest absolute Gasteiger partial charge is 0.493 e. The summed E-state index contributed by atoms with van der Waals surface area (Å²) >= 11 is 5.58. The van der Waals surface area contributed by atoms with Gasteiger partial charge in [-0.05, 0) is 44.5 Å². The summed E-state index contributed by atoms with van der Waals surface area (Å²) in [6.07, 6.45) is 3.24. The van der Waals surface area contributed by atoms with Crippen LogP contribution in [0.5, 0.6) is 5.75 Å². The molecule has 4 heteroatoms. The molecule has 0 spiro atoms. The molecule has 1 rings (SSSR count). The smallest absolute Gasteiger partial charge is 0.145 e. The second kappa shape index (κ2) is 8.31. The monoisotopic (exact) mass is 259 g/mol. The quantitative estimate of drug-likeness (QED) is 0.720. The minimum Gasteiger partial charge on any atom is -0.493 e. The molecule has 1 aromatic carbocycles. The standard InChI is InChI=1S/C13H19ClFNO/c1-2-16-8-4-3-5-9-17-11-6-7-12(14)13(15)10-11/h6-7,10,16H,2-5,8-9H2,1H3. The van der Waals surface area contributed by atoms with Gasteiger partial charge in [0.25, 0.3) is 0 Å². The zero-order valence-electron chi connectivity index (χ0n) is 10.1. The highest BCUT2D eigenvalue weighted by atomic mass is 35.5. The molecule has 0 aromatic heterocycles. The highest BCUT2D eigenvalue weighted by Crippen LogP contribution is 2.20. The van der Waals surface area contributed by atoms with Crippen molar-refractivity contribution in [1.82, 2.24) is 5.32 Å². The van der Waals surface area contributed by atoms with Gasteiger partial charge >= 0.3 is 0 Å². The predicted octanol–water partition coefficient (Wildman–Crippen LogP) is 3.64. The van der Waals surface area contributed by atoms with Crippen molar-refractivity contribution in [3.8, 4) is 5.75 Å². The fourth-order valence-corrected chi connectivity index (χ4v) is 1.58. The Kier molecular flexibility index (Phi) is 6.97. The predicted molar refractivity (Wildman–Crippen MR) is 69.3 cm³/mol. The lowest BCUT2D eigenvalue weighted by Gasteiger charge is -2.06. The van der Waals surface area contributed by atoms with E-state index < -0.39 is 5.82 Å². The summed E-state index contributed by atoms with van der Waals surface area (Å²) in [4.78, 5) is 0. The molecule has 0 unspecified atom stereocenters. The first-order chi connectivity index (χ1) is 8.24. The summed E-state index contributed by atoms with van der Waals surface area (Å²) in [6, 6.07) is 4.52. The van der Waals surface area contributed by atoms with E-state index in [2.05, 4.69) is 12.2 Å². The number of nitrogens with one attached hydrogen (secondary N) is 1. The summed E-state index contributed by atoms with van der Waals surface area (Å²) in [6.45, 7) is 4.78. The molecule has 0 atom stereocenters. The highest BCUT2D eigenvalue weighted by Gasteiger charge is 2.01. The molecule has 0 aliphatic carbocycles. The van der Waals surface area contributed by atoms with Crippen LogP contribution in [-0.4, -0.2) is 19.7 Å². The number of hydrogen-bond donors (Lipinski definition) is 1. The Morgan fingerprint density at radius 2 is 2.12 bits per heavy atom. The Morgan fingerprint density at radius 1 is 1.29 bits per heavy atom. The maximum Gasteiger partial charge on any atom is 0.145 e. The molecule has 1 aromatic rings. The van der Waals surface area contributed by atoms with Crippen LogP contribution in [0.25, 0.3) is 0 Å². The molecule has 0 aliphatic heterocycles. The van der Waals surface area contributed by atoms with E-state index in [0.29, 0.717) is 12.4 Å². The Labute approximate surface area is 107 Å². The number of unbranched alkanes of at least 4 members (excludes halogenated alkanes) is 2. The lowest BCUT2D eigenvalue weighted by Crippen LogP contribution is -2.14. The SMILES string of the molecule is CCNCCCCCOc1ccc(Cl)c(F)c1. The van der Waals surface area contributed by atoms with Gasteiger partial charge < -0.3 is 10.1 Å². The maximum atomic E-state index is 13.1. The second-order valence-electron chi connectivity index (χ2n) is 3.84. The average molecular weight is 260 g/mol. The van der Waals surface area contributed by atoms with Gasteiger partial charge in [0.05, 0.1) is 11.6 Å². The summed E-state index contributed by atoms with van der Waals surface area (Å²) in [5.74, 6) is 0.106. The van der Waals surface area contributed by atoms with Crippen LogP contribution in [0.15, 0.2) is 18.2 Å². The van der Waals surface area contributed by atoms with Crippen LogP contribution in [0.1, 0.15) is 26.2 Å². The van der Waals surface area contributed by atoms with E-state index in [0.717, 1.165) is 32.4 Å². The van der Waals surface area contributed by atoms with E-state index in [4.69, 9.17) is 16.3 Å². The van der Waals surface area contributed by atoms with Crippen molar-refractivity contribution in [2.24, 2.45) is 0 Å². The fourth-order valence-electron chi connectivity index (χ4n) is 1.46. The van der Waals surface area contributed by atoms with Crippen LogP contribution >= 0.6 is 11.6 Å². The molecular weight excluding hydrogens is 241 g/mol. The Morgan fingerprint density at radius 3 is 2.82 bits per heavy atom. The van der Waals surface area contributed by atoms with E-state index >= 15 is 0 Å². The van der Waals surface area contributed by atoms with Gasteiger partial charge in [-0.25, -0.2) is 4.39 Å². The molecule has 0 saturated heterocycles. The van der Waals surface area contributed by atoms with Gasteiger partial charge in [0, 0.05) is 6.07 Å². The van der Waals surface area contributed by atoms with Crippen molar-refractivity contribution in [1.29, 1.82) is 0 Å². The Hall–Kier alpha value is -0.800. The molecule has 1 N–H and O–H groups in total. The van der Waals surface area contributed by atoms with Gasteiger partial charge in [-0.15, -0.1) is 0 Å². The first-order valence-corrected chi connectivity index (χ1v) is 6.40. The van der Waals surface area contributed by atoms with E-state index in [1.54, 1.807) is 6.07 Å². The van der Waals surface area contributed by atoms with Crippen molar-refractivity contribution in [3.63, 3.8) is 0 Å². The van der Waals surface area contributed by atoms with Crippen LogP contribution in [0.4, 0.5) is 4.39 Å². The van der Waals surface area contributed by atoms with Crippen molar-refractivity contribution in [2.45, 2.75) is 26.2 Å². The molecule has 0 bridgehead atoms. The lowest BCUT2D eigenvalue weighted by molar-refractivity contribution is 0.303. The van der Waals surface area contributed by atoms with E-state index in [1.807, 2.05) is 0 Å². The number of hydrogen-bond acceptors (Lipinski definition) is 2. The summed E-state index contributed by atoms with van der Waals surface area (Å²) in [7, 11) is 0. The molecule has 0 amide bonds. The van der Waals surface area contributed by atoms with Crippen LogP contribution < -0.4 is 10.1 Å². The minimum atomic E-state index is -0.434. The summed E-state index contributed by atoms with van der Waals surface area (Å²) in [5, 5.41) is 3.39. The number of halogens is 2. The van der Waals surface area contributed by atoms with Crippen molar-refractivity contribution in [2.75, 3.05) is 19.7 Å². The number of rotatable bonds is 8. The first kappa shape index (κ1) is 14.3. The first-order valence-electron chi connectivity index (χ1n) is 6.02. The summed E-state index contributed by atoms with van der Waals surface area (Å²) in [5.41, 5.74) is 0. The van der Waals surface area contributed by atoms with E-state index in [9.17, 15) is 4.39 Å². The third-order valence-corrected chi connectivity index (χ3v) is 2.71. The molecule has 0 heterocycles. The van der Waals surface area contributed by atoms with Crippen molar-refractivity contribution in [3.05, 3.63) is 29.0 Å². The van der Waals surface area contributed by atoms with Crippen LogP contribution in [0.2, 0.25) is 5.02 Å². The normalized spacial score (nSPS) is 10.5. The van der Waals surface area contributed by atoms with Gasteiger partial charge in [-0.1, -0.05) is 18.5 Å². The summed E-state index contributed by atoms with van der Waals surface area (Å²) < 4.78 is 18.5. The molecule has 2 nitrogen and oxygen atoms in total. The number of benzene rings is 1. The molecule has 0 saturated carbocycles. The maximum absolute atomic E-state index is 13.1. The lowest BCUT2D eigenvalue weighted by atomic mass is 10.2. The molecule has 0 aliphatic rings. The van der Waals surface area contributed by atoms with E-state index in [1.165, 1.54) is 12.1 Å². The van der Waals surface area contributed by atoms with Gasteiger partial charge in [0.15, 0.2) is 0 Å². The Bertz CT molecular complexity index is 333. The molecule has 0 fully saturated rings. The minimum absolute atomic E-state index is 0.128. The molecular formula is C13H19ClFNO. The number of ether oxygens (including phenoxy) is 1. The van der Waals surface area contributed by atoms with Gasteiger partial charge in [0.2, 0.25) is 0 Å². The Balaban J connectivity index is 2.11. The van der Waals surface area contributed by atoms with Gasteiger partial charge in [-0.2, -0.15) is 0 Å². The van der Waals surface area contributed by atoms with Gasteiger partial charge in [-0.3, -0.25) is 0 Å². The zero-order chi connectivity index (χ0) is 12.5. The van der Waals surface area contributed by atoms with Crippen LogP contribution in [-0.2, 0) is 0 Å². The average Bonchev–Trinajstić information content (AvgIpc) is 2.32. The van der Waals surface area contributed by atoms with Gasteiger partial charge in [0.1, 0.15) is 11.6 Å². The van der Waals surface area contributed by atoms with Crippen LogP contribution in [0, 0.1) is 5.82 Å². The third-order valence-electron chi connectivity index (χ3n) is 2.41. The highest BCUT2D eigenvalue weighted by molar-refractivity contribution is 6.30. The topological polar surface area (TPSA) is 21.3 Å². The fraction of sp³-hybridized carbons (Fsp3) is 0.538. The molecule has 0 radical (unpaired) electrons. The van der Waals surface area contributed by atoms with Crippen LogP contribution in [0.3, 0.4) is 0 Å². The zero-order valence-corrected chi connectivity index (χ0v) is 10.9. The van der Waals surface area contributed by atoms with E-state index in [-0.39, 0.29) is 5.02 Å². The van der Waals surface area contributed by atoms with Crippen molar-refractivity contribution >= 4 is 11.6 Å². The second-order valence-corrected chi connectivity index (χ2v) is 4.25. The molecule has 17 heavy (non-hydrogen) atoms.